The average Bonchev–Trinajstić information content (AvgIpc) is 2.40. The van der Waals surface area contributed by atoms with E-state index in [2.05, 4.69) is 0 Å². The SMILES string of the molecule is OCc1c(Cl)cccc1OCc1ccc(Cl)c(F)c1. The van der Waals surface area contributed by atoms with Crippen molar-refractivity contribution in [1.29, 1.82) is 0 Å². The highest BCUT2D eigenvalue weighted by Crippen LogP contribution is 2.27. The summed E-state index contributed by atoms with van der Waals surface area (Å²) in [5.41, 5.74) is 1.16. The molecule has 0 bridgehead atoms. The molecule has 100 valence electrons. The Morgan fingerprint density at radius 1 is 1.11 bits per heavy atom. The molecule has 0 aliphatic heterocycles. The van der Waals surface area contributed by atoms with E-state index >= 15 is 0 Å². The molecule has 0 spiro atoms. The molecule has 19 heavy (non-hydrogen) atoms. The molecule has 1 N–H and O–H groups in total. The number of benzene rings is 2. The molecular weight excluding hydrogens is 290 g/mol. The first-order chi connectivity index (χ1) is 9.11. The highest BCUT2D eigenvalue weighted by molar-refractivity contribution is 6.31. The molecule has 2 rings (SSSR count). The Kier molecular flexibility index (Phi) is 4.64. The maximum Gasteiger partial charge on any atom is 0.142 e. The van der Waals surface area contributed by atoms with Gasteiger partial charge in [0.2, 0.25) is 0 Å². The van der Waals surface area contributed by atoms with Crippen LogP contribution in [0.2, 0.25) is 10.0 Å². The van der Waals surface area contributed by atoms with E-state index in [1.54, 1.807) is 24.3 Å². The zero-order valence-electron chi connectivity index (χ0n) is 9.87. The number of halogens is 3. The maximum absolute atomic E-state index is 13.3. The summed E-state index contributed by atoms with van der Waals surface area (Å²) in [6.45, 7) is -0.0502. The van der Waals surface area contributed by atoms with E-state index in [1.807, 2.05) is 0 Å². The molecule has 0 saturated carbocycles. The summed E-state index contributed by atoms with van der Waals surface area (Å²) in [5, 5.41) is 9.74. The summed E-state index contributed by atoms with van der Waals surface area (Å²) in [5.74, 6) is -0.0124. The van der Waals surface area contributed by atoms with Gasteiger partial charge in [-0.05, 0) is 29.8 Å². The first kappa shape index (κ1) is 14.1. The Hall–Kier alpha value is -1.29. The molecule has 0 atom stereocenters. The summed E-state index contributed by atoms with van der Waals surface area (Å²) in [7, 11) is 0. The smallest absolute Gasteiger partial charge is 0.142 e. The number of ether oxygens (including phenoxy) is 1. The van der Waals surface area contributed by atoms with Gasteiger partial charge >= 0.3 is 0 Å². The predicted molar refractivity (Wildman–Crippen MR) is 73.1 cm³/mol. The minimum absolute atomic E-state index is 0.0718. The van der Waals surface area contributed by atoms with Gasteiger partial charge in [-0.15, -0.1) is 0 Å². The van der Waals surface area contributed by atoms with E-state index < -0.39 is 5.82 Å². The zero-order chi connectivity index (χ0) is 13.8. The van der Waals surface area contributed by atoms with Crippen LogP contribution < -0.4 is 4.74 Å². The highest BCUT2D eigenvalue weighted by Gasteiger charge is 2.08. The Balaban J connectivity index is 2.14. The molecule has 0 aliphatic rings. The Labute approximate surface area is 120 Å². The Morgan fingerprint density at radius 2 is 1.89 bits per heavy atom. The fourth-order valence-electron chi connectivity index (χ4n) is 1.62. The molecule has 0 radical (unpaired) electrons. The van der Waals surface area contributed by atoms with E-state index in [-0.39, 0.29) is 18.2 Å². The van der Waals surface area contributed by atoms with Crippen LogP contribution in [0.4, 0.5) is 4.39 Å². The lowest BCUT2D eigenvalue weighted by molar-refractivity contribution is 0.259. The second-order valence-corrected chi connectivity index (χ2v) is 4.73. The molecule has 0 unspecified atom stereocenters. The third-order valence-electron chi connectivity index (χ3n) is 2.61. The number of hydrogen-bond donors (Lipinski definition) is 1. The van der Waals surface area contributed by atoms with Crippen LogP contribution in [0.25, 0.3) is 0 Å². The van der Waals surface area contributed by atoms with Crippen LogP contribution >= 0.6 is 23.2 Å². The van der Waals surface area contributed by atoms with Crippen molar-refractivity contribution in [1.82, 2.24) is 0 Å². The summed E-state index contributed by atoms with van der Waals surface area (Å²) in [4.78, 5) is 0. The number of rotatable bonds is 4. The molecule has 5 heteroatoms. The quantitative estimate of drug-likeness (QED) is 0.917. The second kappa shape index (κ2) is 6.24. The van der Waals surface area contributed by atoms with Gasteiger partial charge in [0.25, 0.3) is 0 Å². The van der Waals surface area contributed by atoms with E-state index in [1.165, 1.54) is 12.1 Å². The average molecular weight is 301 g/mol. The van der Waals surface area contributed by atoms with Gasteiger partial charge in [0.1, 0.15) is 18.2 Å². The molecule has 0 heterocycles. The van der Waals surface area contributed by atoms with Crippen LogP contribution in [-0.2, 0) is 13.2 Å². The van der Waals surface area contributed by atoms with Gasteiger partial charge in [-0.2, -0.15) is 0 Å². The predicted octanol–water partition coefficient (Wildman–Crippen LogP) is 4.20. The molecule has 2 aromatic carbocycles. The topological polar surface area (TPSA) is 29.5 Å². The van der Waals surface area contributed by atoms with Crippen molar-refractivity contribution in [2.24, 2.45) is 0 Å². The fourth-order valence-corrected chi connectivity index (χ4v) is 1.96. The second-order valence-electron chi connectivity index (χ2n) is 3.91. The van der Waals surface area contributed by atoms with Crippen molar-refractivity contribution in [3.05, 3.63) is 63.4 Å². The molecule has 0 fully saturated rings. The third-order valence-corrected chi connectivity index (χ3v) is 3.27. The Morgan fingerprint density at radius 3 is 2.58 bits per heavy atom. The van der Waals surface area contributed by atoms with Gasteiger partial charge in [-0.1, -0.05) is 35.3 Å². The van der Waals surface area contributed by atoms with Crippen molar-refractivity contribution in [2.45, 2.75) is 13.2 Å². The molecule has 0 saturated heterocycles. The van der Waals surface area contributed by atoms with Crippen molar-refractivity contribution in [3.63, 3.8) is 0 Å². The minimum Gasteiger partial charge on any atom is -0.488 e. The van der Waals surface area contributed by atoms with Crippen molar-refractivity contribution < 1.29 is 14.2 Å². The summed E-state index contributed by atoms with van der Waals surface area (Å²) >= 11 is 11.5. The van der Waals surface area contributed by atoms with E-state index in [0.29, 0.717) is 21.9 Å². The normalized spacial score (nSPS) is 10.5. The van der Waals surface area contributed by atoms with Gasteiger partial charge in [0.15, 0.2) is 0 Å². The van der Waals surface area contributed by atoms with Crippen molar-refractivity contribution >= 4 is 23.2 Å². The number of aliphatic hydroxyl groups excluding tert-OH is 1. The minimum atomic E-state index is -0.490. The van der Waals surface area contributed by atoms with Gasteiger partial charge in [0.05, 0.1) is 11.6 Å². The van der Waals surface area contributed by atoms with Crippen LogP contribution in [0.1, 0.15) is 11.1 Å². The van der Waals surface area contributed by atoms with Crippen molar-refractivity contribution in [3.8, 4) is 5.75 Å². The first-order valence-electron chi connectivity index (χ1n) is 5.57. The number of aliphatic hydroxyl groups is 1. The Bertz CT molecular complexity index is 588. The van der Waals surface area contributed by atoms with Gasteiger partial charge in [-0.25, -0.2) is 4.39 Å². The lowest BCUT2D eigenvalue weighted by Crippen LogP contribution is -1.99. The van der Waals surface area contributed by atoms with E-state index in [0.717, 1.165) is 0 Å². The molecule has 0 amide bonds. The highest BCUT2D eigenvalue weighted by atomic mass is 35.5. The third kappa shape index (κ3) is 3.38. The number of hydrogen-bond acceptors (Lipinski definition) is 2. The van der Waals surface area contributed by atoms with Gasteiger partial charge < -0.3 is 9.84 Å². The summed E-state index contributed by atoms with van der Waals surface area (Å²) in [6.07, 6.45) is 0. The van der Waals surface area contributed by atoms with Crippen LogP contribution in [-0.4, -0.2) is 5.11 Å². The molecular formula is C14H11Cl2FO2. The van der Waals surface area contributed by atoms with Crippen LogP contribution in [0.5, 0.6) is 5.75 Å². The van der Waals surface area contributed by atoms with Gasteiger partial charge in [0, 0.05) is 10.6 Å². The van der Waals surface area contributed by atoms with Gasteiger partial charge in [-0.3, -0.25) is 0 Å². The zero-order valence-corrected chi connectivity index (χ0v) is 11.4. The van der Waals surface area contributed by atoms with Crippen LogP contribution in [0.3, 0.4) is 0 Å². The monoisotopic (exact) mass is 300 g/mol. The maximum atomic E-state index is 13.3. The van der Waals surface area contributed by atoms with Crippen LogP contribution in [0, 0.1) is 5.82 Å². The largest absolute Gasteiger partial charge is 0.488 e. The first-order valence-corrected chi connectivity index (χ1v) is 6.32. The summed E-state index contributed by atoms with van der Waals surface area (Å²) in [6, 6.07) is 9.55. The molecule has 2 nitrogen and oxygen atoms in total. The van der Waals surface area contributed by atoms with E-state index in [9.17, 15) is 9.50 Å². The lowest BCUT2D eigenvalue weighted by Gasteiger charge is -2.11. The fraction of sp³-hybridized carbons (Fsp3) is 0.143. The van der Waals surface area contributed by atoms with Crippen molar-refractivity contribution in [2.75, 3.05) is 0 Å². The molecule has 0 aromatic heterocycles. The standard InChI is InChI=1S/C14H11Cl2FO2/c15-11-2-1-3-14(10(11)7-18)19-8-9-4-5-12(16)13(17)6-9/h1-6,18H,7-8H2. The lowest BCUT2D eigenvalue weighted by atomic mass is 10.2. The van der Waals surface area contributed by atoms with E-state index in [4.69, 9.17) is 27.9 Å². The van der Waals surface area contributed by atoms with Crippen LogP contribution in [0.15, 0.2) is 36.4 Å². The summed E-state index contributed by atoms with van der Waals surface area (Å²) < 4.78 is 18.8. The molecule has 2 aromatic rings. The molecule has 0 aliphatic carbocycles.